The van der Waals surface area contributed by atoms with Crippen LogP contribution in [0.25, 0.3) is 10.9 Å². The summed E-state index contributed by atoms with van der Waals surface area (Å²) in [6, 6.07) is 6.56. The third-order valence-electron chi connectivity index (χ3n) is 2.88. The minimum absolute atomic E-state index is 0.0290. The fourth-order valence-corrected chi connectivity index (χ4v) is 2.14. The van der Waals surface area contributed by atoms with Crippen LogP contribution in [0.3, 0.4) is 0 Å². The molecule has 0 N–H and O–H groups in total. The molecule has 0 aliphatic rings. The van der Waals surface area contributed by atoms with Gasteiger partial charge in [0.15, 0.2) is 0 Å². The number of ether oxygens (including phenoxy) is 1. The van der Waals surface area contributed by atoms with Gasteiger partial charge in [-0.25, -0.2) is 8.78 Å². The second-order valence-corrected chi connectivity index (χ2v) is 4.74. The molecule has 0 amide bonds. The highest BCUT2D eigenvalue weighted by atomic mass is 35.5. The molecule has 0 fully saturated rings. The molecule has 1 aromatic heterocycles. The summed E-state index contributed by atoms with van der Waals surface area (Å²) in [4.78, 5) is 12.1. The molecule has 2 rings (SSSR count). The van der Waals surface area contributed by atoms with Crippen LogP contribution in [0.15, 0.2) is 29.2 Å². The normalized spacial score (nSPS) is 11.0. The Morgan fingerprint density at radius 2 is 2.19 bits per heavy atom. The van der Waals surface area contributed by atoms with E-state index in [0.717, 1.165) is 0 Å². The molecule has 0 saturated carbocycles. The first-order chi connectivity index (χ1) is 10.0. The van der Waals surface area contributed by atoms with Gasteiger partial charge in [0.1, 0.15) is 18.2 Å². The Balaban J connectivity index is 2.37. The molecule has 110 valence electrons. The Morgan fingerprint density at radius 1 is 1.43 bits per heavy atom. The van der Waals surface area contributed by atoms with E-state index in [1.54, 1.807) is 16.7 Å². The predicted octanol–water partition coefficient (Wildman–Crippen LogP) is 2.81. The van der Waals surface area contributed by atoms with Crippen molar-refractivity contribution in [2.45, 2.75) is 13.0 Å². The van der Waals surface area contributed by atoms with Crippen LogP contribution in [-0.2, 0) is 11.3 Å². The summed E-state index contributed by atoms with van der Waals surface area (Å²) in [5, 5.41) is 9.69. The Kier molecular flexibility index (Phi) is 4.89. The van der Waals surface area contributed by atoms with Crippen LogP contribution in [0.5, 0.6) is 0 Å². The molecule has 2 aromatic rings. The van der Waals surface area contributed by atoms with Gasteiger partial charge in [0.25, 0.3) is 6.43 Å². The van der Waals surface area contributed by atoms with Gasteiger partial charge in [-0.1, -0.05) is 11.6 Å². The van der Waals surface area contributed by atoms with Crippen molar-refractivity contribution in [1.29, 1.82) is 5.26 Å². The first-order valence-corrected chi connectivity index (χ1v) is 6.49. The van der Waals surface area contributed by atoms with E-state index in [-0.39, 0.29) is 18.7 Å². The minimum Gasteiger partial charge on any atom is -0.374 e. The molecule has 0 aliphatic carbocycles. The molecule has 7 heteroatoms. The summed E-state index contributed by atoms with van der Waals surface area (Å²) in [5.41, 5.74) is 0.141. The number of pyridine rings is 1. The molecule has 0 unspecified atom stereocenters. The van der Waals surface area contributed by atoms with Crippen molar-refractivity contribution in [1.82, 2.24) is 4.57 Å². The van der Waals surface area contributed by atoms with Gasteiger partial charge >= 0.3 is 0 Å². The fraction of sp³-hybridized carbons (Fsp3) is 0.286. The minimum atomic E-state index is -2.52. The van der Waals surface area contributed by atoms with E-state index in [2.05, 4.69) is 0 Å². The van der Waals surface area contributed by atoms with E-state index >= 15 is 0 Å². The number of hydrogen-bond acceptors (Lipinski definition) is 3. The number of benzene rings is 1. The van der Waals surface area contributed by atoms with E-state index in [4.69, 9.17) is 21.6 Å². The van der Waals surface area contributed by atoms with Crippen molar-refractivity contribution in [3.63, 3.8) is 0 Å². The molecular weight excluding hydrogens is 302 g/mol. The van der Waals surface area contributed by atoms with Gasteiger partial charge in [-0.15, -0.1) is 0 Å². The van der Waals surface area contributed by atoms with Crippen LogP contribution < -0.4 is 5.43 Å². The molecule has 0 radical (unpaired) electrons. The molecule has 4 nitrogen and oxygen atoms in total. The molecule has 0 saturated heterocycles. The van der Waals surface area contributed by atoms with Gasteiger partial charge in [-0.2, -0.15) is 5.26 Å². The number of halogens is 3. The second kappa shape index (κ2) is 6.66. The standard InChI is InChI=1S/C14H11ClF2N2O2/c15-10-1-2-12-11(5-10)14(20)9(6-18)7-19(12)3-4-21-8-13(16)17/h1-2,5,7,13H,3-4,8H2. The zero-order valence-electron chi connectivity index (χ0n) is 10.9. The molecular formula is C14H11ClF2N2O2. The van der Waals surface area contributed by atoms with Crippen molar-refractivity contribution in [3.8, 4) is 6.07 Å². The largest absolute Gasteiger partial charge is 0.374 e. The van der Waals surface area contributed by atoms with Crippen LogP contribution in [-0.4, -0.2) is 24.2 Å². The zero-order chi connectivity index (χ0) is 15.4. The predicted molar refractivity (Wildman–Crippen MR) is 74.8 cm³/mol. The Hall–Kier alpha value is -1.97. The lowest BCUT2D eigenvalue weighted by Crippen LogP contribution is -2.16. The van der Waals surface area contributed by atoms with Crippen molar-refractivity contribution in [2.24, 2.45) is 0 Å². The van der Waals surface area contributed by atoms with Gasteiger partial charge in [0.05, 0.1) is 12.1 Å². The maximum atomic E-state index is 12.1. The highest BCUT2D eigenvalue weighted by Gasteiger charge is 2.10. The lowest BCUT2D eigenvalue weighted by molar-refractivity contribution is 0.0150. The number of fused-ring (bicyclic) bond motifs is 1. The number of nitriles is 1. The highest BCUT2D eigenvalue weighted by molar-refractivity contribution is 6.31. The van der Waals surface area contributed by atoms with Crippen LogP contribution in [0.1, 0.15) is 5.56 Å². The SMILES string of the molecule is N#Cc1cn(CCOCC(F)F)c2ccc(Cl)cc2c1=O. The van der Waals surface area contributed by atoms with Gasteiger partial charge in [-0.05, 0) is 18.2 Å². The van der Waals surface area contributed by atoms with E-state index in [9.17, 15) is 13.6 Å². The second-order valence-electron chi connectivity index (χ2n) is 4.30. The number of rotatable bonds is 5. The molecule has 0 aliphatic heterocycles. The monoisotopic (exact) mass is 312 g/mol. The first-order valence-electron chi connectivity index (χ1n) is 6.11. The first kappa shape index (κ1) is 15.4. The number of aromatic nitrogens is 1. The maximum Gasteiger partial charge on any atom is 0.261 e. The highest BCUT2D eigenvalue weighted by Crippen LogP contribution is 2.17. The molecule has 1 heterocycles. The van der Waals surface area contributed by atoms with Crippen molar-refractivity contribution in [2.75, 3.05) is 13.2 Å². The van der Waals surface area contributed by atoms with Gasteiger partial charge in [-0.3, -0.25) is 4.79 Å². The van der Waals surface area contributed by atoms with E-state index in [0.29, 0.717) is 15.9 Å². The average Bonchev–Trinajstić information content (AvgIpc) is 2.45. The third kappa shape index (κ3) is 3.57. The topological polar surface area (TPSA) is 55.0 Å². The van der Waals surface area contributed by atoms with E-state index in [1.165, 1.54) is 12.3 Å². The summed E-state index contributed by atoms with van der Waals surface area (Å²) >= 11 is 5.86. The smallest absolute Gasteiger partial charge is 0.261 e. The van der Waals surface area contributed by atoms with Crippen molar-refractivity contribution in [3.05, 3.63) is 45.2 Å². The summed E-state index contributed by atoms with van der Waals surface area (Å²) in [7, 11) is 0. The van der Waals surface area contributed by atoms with Gasteiger partial charge in [0, 0.05) is 23.2 Å². The van der Waals surface area contributed by atoms with Gasteiger partial charge < -0.3 is 9.30 Å². The molecule has 0 spiro atoms. The summed E-state index contributed by atoms with van der Waals surface area (Å²) in [6.07, 6.45) is -1.13. The summed E-state index contributed by atoms with van der Waals surface area (Å²) in [6.45, 7) is -0.343. The molecule has 1 aromatic carbocycles. The number of nitrogens with zero attached hydrogens (tertiary/aromatic N) is 2. The lowest BCUT2D eigenvalue weighted by atomic mass is 10.1. The van der Waals surface area contributed by atoms with Crippen LogP contribution in [0.4, 0.5) is 8.78 Å². The van der Waals surface area contributed by atoms with Crippen LogP contribution in [0, 0.1) is 11.3 Å². The third-order valence-corrected chi connectivity index (χ3v) is 3.12. The fourth-order valence-electron chi connectivity index (χ4n) is 1.97. The van der Waals surface area contributed by atoms with Crippen LogP contribution >= 0.6 is 11.6 Å². The zero-order valence-corrected chi connectivity index (χ0v) is 11.6. The van der Waals surface area contributed by atoms with Crippen LogP contribution in [0.2, 0.25) is 5.02 Å². The Bertz CT molecular complexity index is 753. The summed E-state index contributed by atoms with van der Waals surface area (Å²) < 4.78 is 30.4. The molecule has 0 bridgehead atoms. The lowest BCUT2D eigenvalue weighted by Gasteiger charge is -2.12. The summed E-state index contributed by atoms with van der Waals surface area (Å²) in [5.74, 6) is 0. The van der Waals surface area contributed by atoms with Crippen molar-refractivity contribution >= 4 is 22.5 Å². The maximum absolute atomic E-state index is 12.1. The Morgan fingerprint density at radius 3 is 2.86 bits per heavy atom. The van der Waals surface area contributed by atoms with Gasteiger partial charge in [0.2, 0.25) is 5.43 Å². The average molecular weight is 313 g/mol. The van der Waals surface area contributed by atoms with E-state index < -0.39 is 18.5 Å². The van der Waals surface area contributed by atoms with E-state index in [1.807, 2.05) is 6.07 Å². The number of hydrogen-bond donors (Lipinski definition) is 0. The quantitative estimate of drug-likeness (QED) is 0.798. The van der Waals surface area contributed by atoms with Crippen molar-refractivity contribution < 1.29 is 13.5 Å². The molecule has 21 heavy (non-hydrogen) atoms. The molecule has 0 atom stereocenters. The Labute approximate surface area is 124 Å². The number of alkyl halides is 2.